The first kappa shape index (κ1) is 13.5. The van der Waals surface area contributed by atoms with Crippen LogP contribution in [0.3, 0.4) is 0 Å². The molecule has 2 heterocycles. The van der Waals surface area contributed by atoms with E-state index in [4.69, 9.17) is 4.52 Å². The number of carboxylic acid groups (broad SMARTS) is 1. The summed E-state index contributed by atoms with van der Waals surface area (Å²) in [5, 5.41) is 13.6. The Balaban J connectivity index is 1.75. The van der Waals surface area contributed by atoms with E-state index in [9.17, 15) is 9.90 Å². The van der Waals surface area contributed by atoms with Gasteiger partial charge in [-0.05, 0) is 38.6 Å². The average Bonchev–Trinajstić information content (AvgIpc) is 3.04. The Labute approximate surface area is 118 Å². The molecule has 1 N–H and O–H groups in total. The minimum absolute atomic E-state index is 0.450. The molecule has 1 aliphatic carbocycles. The molecule has 0 amide bonds. The van der Waals surface area contributed by atoms with Gasteiger partial charge in [-0.1, -0.05) is 18.5 Å². The van der Waals surface area contributed by atoms with Crippen LogP contribution in [0.5, 0.6) is 0 Å². The number of rotatable bonds is 6. The number of likely N-dealkylation sites (tertiary alicyclic amines) is 1. The van der Waals surface area contributed by atoms with Crippen molar-refractivity contribution in [1.82, 2.24) is 15.0 Å². The maximum Gasteiger partial charge on any atom is 0.324 e. The third-order valence-corrected chi connectivity index (χ3v) is 4.44. The lowest BCUT2D eigenvalue weighted by Gasteiger charge is -2.33. The molecule has 1 aromatic heterocycles. The first-order valence-corrected chi connectivity index (χ1v) is 7.46. The molecule has 1 saturated carbocycles. The molecule has 2 fully saturated rings. The molecule has 1 saturated heterocycles. The van der Waals surface area contributed by atoms with Gasteiger partial charge in [0.25, 0.3) is 0 Å². The van der Waals surface area contributed by atoms with Crippen molar-refractivity contribution in [3.05, 3.63) is 11.7 Å². The Morgan fingerprint density at radius 2 is 2.35 bits per heavy atom. The van der Waals surface area contributed by atoms with Crippen molar-refractivity contribution < 1.29 is 14.4 Å². The first-order valence-electron chi connectivity index (χ1n) is 7.46. The van der Waals surface area contributed by atoms with E-state index in [-0.39, 0.29) is 0 Å². The smallest absolute Gasteiger partial charge is 0.324 e. The quantitative estimate of drug-likeness (QED) is 0.859. The number of carbonyl (C=O) groups is 1. The number of carboxylic acids is 1. The zero-order chi connectivity index (χ0) is 14.2. The van der Waals surface area contributed by atoms with Crippen molar-refractivity contribution in [3.63, 3.8) is 0 Å². The molecular formula is C14H21N3O3. The lowest BCUT2D eigenvalue weighted by molar-refractivity contribution is -0.150. The highest BCUT2D eigenvalue weighted by molar-refractivity contribution is 5.79. The van der Waals surface area contributed by atoms with Gasteiger partial charge in [-0.2, -0.15) is 4.98 Å². The van der Waals surface area contributed by atoms with Crippen molar-refractivity contribution in [2.75, 3.05) is 6.54 Å². The van der Waals surface area contributed by atoms with Crippen LogP contribution in [0.1, 0.15) is 63.1 Å². The second-order valence-corrected chi connectivity index (χ2v) is 5.93. The molecule has 110 valence electrons. The fraction of sp³-hybridized carbons (Fsp3) is 0.786. The topological polar surface area (TPSA) is 79.5 Å². The van der Waals surface area contributed by atoms with E-state index < -0.39 is 11.5 Å². The summed E-state index contributed by atoms with van der Waals surface area (Å²) in [5.41, 5.74) is -0.747. The van der Waals surface area contributed by atoms with Crippen LogP contribution in [-0.2, 0) is 11.3 Å². The fourth-order valence-corrected chi connectivity index (χ4v) is 3.21. The monoisotopic (exact) mass is 279 g/mol. The molecule has 20 heavy (non-hydrogen) atoms. The van der Waals surface area contributed by atoms with Crippen molar-refractivity contribution in [1.29, 1.82) is 0 Å². The van der Waals surface area contributed by atoms with Gasteiger partial charge in [-0.15, -0.1) is 0 Å². The predicted molar refractivity (Wildman–Crippen MR) is 71.2 cm³/mol. The number of hydrogen-bond acceptors (Lipinski definition) is 5. The summed E-state index contributed by atoms with van der Waals surface area (Å²) >= 11 is 0. The average molecular weight is 279 g/mol. The van der Waals surface area contributed by atoms with Gasteiger partial charge in [0.2, 0.25) is 5.89 Å². The van der Waals surface area contributed by atoms with Crippen LogP contribution in [0.2, 0.25) is 0 Å². The number of aliphatic carboxylic acids is 1. The van der Waals surface area contributed by atoms with Crippen molar-refractivity contribution in [2.45, 2.75) is 63.5 Å². The zero-order valence-electron chi connectivity index (χ0n) is 11.8. The standard InChI is InChI=1S/C14H21N3O3/c1-2-6-14(13(18)19)7-3-8-17(14)9-11-15-12(16-20-11)10-4-5-10/h10H,2-9H2,1H3,(H,18,19). The van der Waals surface area contributed by atoms with Gasteiger partial charge in [0.1, 0.15) is 5.54 Å². The molecule has 1 aromatic rings. The van der Waals surface area contributed by atoms with E-state index in [1.165, 1.54) is 0 Å². The van der Waals surface area contributed by atoms with Crippen LogP contribution >= 0.6 is 0 Å². The van der Waals surface area contributed by atoms with E-state index in [1.807, 2.05) is 11.8 Å². The summed E-state index contributed by atoms with van der Waals surface area (Å²) in [5.74, 6) is 1.08. The van der Waals surface area contributed by atoms with Crippen LogP contribution < -0.4 is 0 Å². The summed E-state index contributed by atoms with van der Waals surface area (Å²) in [4.78, 5) is 18.1. The van der Waals surface area contributed by atoms with Crippen LogP contribution in [0.25, 0.3) is 0 Å². The molecule has 1 atom stereocenters. The Morgan fingerprint density at radius 3 is 3.00 bits per heavy atom. The fourth-order valence-electron chi connectivity index (χ4n) is 3.21. The minimum Gasteiger partial charge on any atom is -0.480 e. The van der Waals surface area contributed by atoms with Crippen LogP contribution in [0.4, 0.5) is 0 Å². The van der Waals surface area contributed by atoms with E-state index in [1.54, 1.807) is 0 Å². The van der Waals surface area contributed by atoms with Gasteiger partial charge in [0.15, 0.2) is 5.82 Å². The summed E-state index contributed by atoms with van der Waals surface area (Å²) in [6.45, 7) is 3.26. The van der Waals surface area contributed by atoms with Gasteiger partial charge in [-0.25, -0.2) is 0 Å². The maximum absolute atomic E-state index is 11.7. The van der Waals surface area contributed by atoms with Gasteiger partial charge in [0, 0.05) is 5.92 Å². The highest BCUT2D eigenvalue weighted by Crippen LogP contribution is 2.39. The first-order chi connectivity index (χ1) is 9.65. The molecule has 0 spiro atoms. The van der Waals surface area contributed by atoms with Crippen molar-refractivity contribution in [2.24, 2.45) is 0 Å². The summed E-state index contributed by atoms with van der Waals surface area (Å²) in [6.07, 6.45) is 5.43. The Bertz CT molecular complexity index is 498. The second kappa shape index (κ2) is 5.16. The Morgan fingerprint density at radius 1 is 1.55 bits per heavy atom. The van der Waals surface area contributed by atoms with Crippen LogP contribution in [-0.4, -0.2) is 38.2 Å². The molecule has 6 nitrogen and oxygen atoms in total. The van der Waals surface area contributed by atoms with Crippen molar-refractivity contribution in [3.8, 4) is 0 Å². The third-order valence-electron chi connectivity index (χ3n) is 4.44. The second-order valence-electron chi connectivity index (χ2n) is 5.93. The SMILES string of the molecule is CCCC1(C(=O)O)CCCN1Cc1nc(C2CC2)no1. The van der Waals surface area contributed by atoms with Crippen molar-refractivity contribution >= 4 is 5.97 Å². The van der Waals surface area contributed by atoms with Gasteiger partial charge in [0.05, 0.1) is 6.54 Å². The van der Waals surface area contributed by atoms with Gasteiger partial charge in [-0.3, -0.25) is 9.69 Å². The zero-order valence-corrected chi connectivity index (χ0v) is 11.8. The highest BCUT2D eigenvalue weighted by Gasteiger charge is 2.47. The molecule has 1 aliphatic heterocycles. The molecular weight excluding hydrogens is 258 g/mol. The lowest BCUT2D eigenvalue weighted by Crippen LogP contribution is -2.50. The maximum atomic E-state index is 11.7. The Kier molecular flexibility index (Phi) is 3.50. The molecule has 6 heteroatoms. The molecule has 3 rings (SSSR count). The summed E-state index contributed by atoms with van der Waals surface area (Å²) in [6, 6.07) is 0. The highest BCUT2D eigenvalue weighted by atomic mass is 16.5. The molecule has 0 bridgehead atoms. The normalized spacial score (nSPS) is 27.1. The van der Waals surface area contributed by atoms with Crippen LogP contribution in [0.15, 0.2) is 4.52 Å². The van der Waals surface area contributed by atoms with Gasteiger partial charge >= 0.3 is 5.97 Å². The van der Waals surface area contributed by atoms with Crippen LogP contribution in [0, 0.1) is 0 Å². The summed E-state index contributed by atoms with van der Waals surface area (Å²) in [7, 11) is 0. The number of nitrogens with zero attached hydrogens (tertiary/aromatic N) is 3. The number of aromatic nitrogens is 2. The Hall–Kier alpha value is -1.43. The van der Waals surface area contributed by atoms with E-state index >= 15 is 0 Å². The predicted octanol–water partition coefficient (Wildman–Crippen LogP) is 2.17. The molecule has 0 aromatic carbocycles. The van der Waals surface area contributed by atoms with E-state index in [0.29, 0.717) is 31.2 Å². The van der Waals surface area contributed by atoms with Gasteiger partial charge < -0.3 is 9.63 Å². The molecule has 1 unspecified atom stereocenters. The third kappa shape index (κ3) is 2.32. The molecule has 2 aliphatic rings. The summed E-state index contributed by atoms with van der Waals surface area (Å²) < 4.78 is 5.28. The number of hydrogen-bond donors (Lipinski definition) is 1. The minimum atomic E-state index is -0.747. The molecule has 0 radical (unpaired) electrons. The largest absolute Gasteiger partial charge is 0.480 e. The lowest BCUT2D eigenvalue weighted by atomic mass is 9.90. The van der Waals surface area contributed by atoms with E-state index in [2.05, 4.69) is 10.1 Å². The van der Waals surface area contributed by atoms with E-state index in [0.717, 1.165) is 38.1 Å².